The van der Waals surface area contributed by atoms with E-state index in [0.29, 0.717) is 53.4 Å². The number of likely N-dealkylation sites (N-methyl/N-ethyl adjacent to an activating group) is 1. The third-order valence-corrected chi connectivity index (χ3v) is 8.32. The first-order valence-corrected chi connectivity index (χ1v) is 15.6. The first kappa shape index (κ1) is 34.0. The molecule has 0 spiro atoms. The molecule has 0 aliphatic carbocycles. The number of carbonyl (C=O) groups is 3. The molecule has 2 heterocycles. The average Bonchev–Trinajstić information content (AvgIpc) is 3.56. The minimum Gasteiger partial charge on any atom is -0.492 e. The molecule has 1 fully saturated rings. The maximum atomic E-state index is 13.4. The van der Waals surface area contributed by atoms with Crippen molar-refractivity contribution in [1.29, 1.82) is 0 Å². The topological polar surface area (TPSA) is 134 Å². The van der Waals surface area contributed by atoms with Crippen molar-refractivity contribution in [1.82, 2.24) is 14.8 Å². The number of nitrogens with one attached hydrogen (secondary N) is 3. The van der Waals surface area contributed by atoms with Gasteiger partial charge in [-0.05, 0) is 61.8 Å². The van der Waals surface area contributed by atoms with Gasteiger partial charge in [-0.1, -0.05) is 45.0 Å². The van der Waals surface area contributed by atoms with Crippen LogP contribution in [-0.2, 0) is 10.2 Å². The van der Waals surface area contributed by atoms with Crippen LogP contribution in [0.25, 0.3) is 10.8 Å². The molecular weight excluding hydrogens is 612 g/mol. The molecule has 0 bridgehead atoms. The fourth-order valence-corrected chi connectivity index (χ4v) is 5.60. The molecule has 12 nitrogen and oxygen atoms in total. The van der Waals surface area contributed by atoms with Gasteiger partial charge in [-0.15, -0.1) is 0 Å². The third-order valence-electron chi connectivity index (χ3n) is 8.32. The number of urea groups is 1. The predicted octanol–water partition coefficient (Wildman–Crippen LogP) is 6.93. The maximum absolute atomic E-state index is 13.4. The van der Waals surface area contributed by atoms with Gasteiger partial charge in [0.05, 0.1) is 31.3 Å². The van der Waals surface area contributed by atoms with Crippen LogP contribution in [0.2, 0.25) is 0 Å². The number of ether oxygens (including phenoxy) is 3. The lowest BCUT2D eigenvalue weighted by Crippen LogP contribution is -2.34. The molecule has 1 aliphatic rings. The number of benzene rings is 3. The van der Waals surface area contributed by atoms with Gasteiger partial charge >= 0.3 is 12.1 Å². The number of anilines is 3. The quantitative estimate of drug-likeness (QED) is 0.186. The van der Waals surface area contributed by atoms with E-state index in [1.165, 1.54) is 14.2 Å². The Bertz CT molecular complexity index is 1840. The van der Waals surface area contributed by atoms with E-state index < -0.39 is 12.1 Å². The van der Waals surface area contributed by atoms with Gasteiger partial charge in [-0.3, -0.25) is 15.1 Å². The van der Waals surface area contributed by atoms with Crippen LogP contribution in [0.4, 0.5) is 26.7 Å². The molecular formula is C36H42N6O6. The number of pyridine rings is 1. The van der Waals surface area contributed by atoms with E-state index in [1.54, 1.807) is 36.5 Å². The van der Waals surface area contributed by atoms with Crippen molar-refractivity contribution in [2.24, 2.45) is 0 Å². The molecule has 1 saturated heterocycles. The summed E-state index contributed by atoms with van der Waals surface area (Å²) in [6, 6.07) is 17.8. The minimum absolute atomic E-state index is 0.127. The summed E-state index contributed by atoms with van der Waals surface area (Å²) in [5, 5.41) is 9.98. The summed E-state index contributed by atoms with van der Waals surface area (Å²) in [6.07, 6.45) is 1.83. The third kappa shape index (κ3) is 7.60. The van der Waals surface area contributed by atoms with E-state index >= 15 is 0 Å². The zero-order valence-electron chi connectivity index (χ0n) is 28.3. The lowest BCUT2D eigenvalue weighted by Gasteiger charge is -2.24. The Morgan fingerprint density at radius 2 is 1.58 bits per heavy atom. The number of nitrogens with zero attached hydrogens (tertiary/aromatic N) is 3. The van der Waals surface area contributed by atoms with Gasteiger partial charge < -0.3 is 34.6 Å². The van der Waals surface area contributed by atoms with Crippen LogP contribution in [0.1, 0.15) is 43.2 Å². The van der Waals surface area contributed by atoms with E-state index in [-0.39, 0.29) is 17.1 Å². The van der Waals surface area contributed by atoms with Crippen molar-refractivity contribution < 1.29 is 28.6 Å². The average molecular weight is 655 g/mol. The van der Waals surface area contributed by atoms with Crippen LogP contribution in [0.15, 0.2) is 66.9 Å². The highest BCUT2D eigenvalue weighted by molar-refractivity contribution is 6.08. The molecule has 1 unspecified atom stereocenters. The van der Waals surface area contributed by atoms with Crippen molar-refractivity contribution in [3.8, 4) is 17.2 Å². The van der Waals surface area contributed by atoms with E-state index in [9.17, 15) is 14.4 Å². The van der Waals surface area contributed by atoms with E-state index in [2.05, 4.69) is 25.8 Å². The van der Waals surface area contributed by atoms with Gasteiger partial charge in [0.25, 0.3) is 5.91 Å². The largest absolute Gasteiger partial charge is 0.492 e. The van der Waals surface area contributed by atoms with Crippen LogP contribution in [0.3, 0.4) is 0 Å². The Balaban J connectivity index is 1.37. The molecule has 3 N–H and O–H groups in total. The Hall–Kier alpha value is -5.36. The van der Waals surface area contributed by atoms with Crippen LogP contribution < -0.4 is 25.4 Å². The summed E-state index contributed by atoms with van der Waals surface area (Å²) < 4.78 is 16.6. The number of amides is 4. The molecule has 48 heavy (non-hydrogen) atoms. The highest BCUT2D eigenvalue weighted by atomic mass is 16.5. The molecule has 1 aliphatic heterocycles. The number of hydrogen-bond acceptors (Lipinski definition) is 8. The molecule has 4 amide bonds. The zero-order valence-corrected chi connectivity index (χ0v) is 28.3. The van der Waals surface area contributed by atoms with Crippen molar-refractivity contribution in [2.45, 2.75) is 38.6 Å². The van der Waals surface area contributed by atoms with Gasteiger partial charge in [0.2, 0.25) is 0 Å². The van der Waals surface area contributed by atoms with Gasteiger partial charge in [-0.2, -0.15) is 0 Å². The molecule has 3 aromatic carbocycles. The number of carbonyl (C=O) groups excluding carboxylic acids is 3. The Kier molecular flexibility index (Phi) is 10.0. The molecule has 12 heteroatoms. The molecule has 252 valence electrons. The first-order chi connectivity index (χ1) is 22.9. The van der Waals surface area contributed by atoms with Crippen molar-refractivity contribution in [3.05, 3.63) is 78.1 Å². The summed E-state index contributed by atoms with van der Waals surface area (Å²) in [7, 11) is 6.77. The standard InChI is InChI=1S/C36H42N6O6/c1-36(2,3)22-18-28(32(46-6)29(19-22)40-35(45)47-7)39-34(44)38-27-12-13-31(26-11-9-8-10-25(26)27)48-24-14-16-37-30(20-24)33(43)42-17-15-23(21-42)41(4)5/h8-14,16,18-20,23H,15,17,21H2,1-7H3,(H,40,45)(H2,38,39,44). The van der Waals surface area contributed by atoms with Crippen LogP contribution in [0.5, 0.6) is 17.2 Å². The van der Waals surface area contributed by atoms with Gasteiger partial charge in [-0.25, -0.2) is 9.59 Å². The first-order valence-electron chi connectivity index (χ1n) is 15.6. The van der Waals surface area contributed by atoms with Crippen molar-refractivity contribution >= 4 is 45.9 Å². The van der Waals surface area contributed by atoms with E-state index in [4.69, 9.17) is 14.2 Å². The minimum atomic E-state index is -0.664. The van der Waals surface area contributed by atoms with Crippen LogP contribution >= 0.6 is 0 Å². The number of likely N-dealkylation sites (tertiary alicyclic amines) is 1. The Morgan fingerprint density at radius 3 is 2.23 bits per heavy atom. The molecule has 5 rings (SSSR count). The fraction of sp³-hybridized carbons (Fsp3) is 0.333. The Labute approximate surface area is 280 Å². The van der Waals surface area contributed by atoms with E-state index in [0.717, 1.165) is 22.8 Å². The molecule has 4 aromatic rings. The SMILES string of the molecule is COC(=O)Nc1cc(C(C)(C)C)cc(NC(=O)Nc2ccc(Oc3ccnc(C(=O)N4CCC(N(C)C)C4)c3)c3ccccc23)c1OC. The normalized spacial score (nSPS) is 14.5. The molecule has 0 saturated carbocycles. The number of rotatable bonds is 8. The van der Waals surface area contributed by atoms with Gasteiger partial charge in [0.15, 0.2) is 5.75 Å². The van der Waals surface area contributed by atoms with Crippen LogP contribution in [-0.4, -0.2) is 80.3 Å². The maximum Gasteiger partial charge on any atom is 0.411 e. The van der Waals surface area contributed by atoms with Gasteiger partial charge in [0.1, 0.15) is 17.2 Å². The lowest BCUT2D eigenvalue weighted by molar-refractivity contribution is 0.0777. The second kappa shape index (κ2) is 14.2. The lowest BCUT2D eigenvalue weighted by atomic mass is 9.86. The summed E-state index contributed by atoms with van der Waals surface area (Å²) in [5.74, 6) is 1.17. The second-order valence-corrected chi connectivity index (χ2v) is 12.8. The van der Waals surface area contributed by atoms with Crippen molar-refractivity contribution in [3.63, 3.8) is 0 Å². The highest BCUT2D eigenvalue weighted by Gasteiger charge is 2.29. The number of fused-ring (bicyclic) bond motifs is 1. The van der Waals surface area contributed by atoms with Gasteiger partial charge in [0, 0.05) is 42.2 Å². The Morgan fingerprint density at radius 1 is 0.896 bits per heavy atom. The van der Waals surface area contributed by atoms with E-state index in [1.807, 2.05) is 70.1 Å². The number of hydrogen-bond donors (Lipinski definition) is 3. The molecule has 0 radical (unpaired) electrons. The smallest absolute Gasteiger partial charge is 0.411 e. The summed E-state index contributed by atoms with van der Waals surface area (Å²) in [5.41, 5.74) is 2.15. The number of aromatic nitrogens is 1. The monoisotopic (exact) mass is 654 g/mol. The fourth-order valence-electron chi connectivity index (χ4n) is 5.60. The summed E-state index contributed by atoms with van der Waals surface area (Å²) in [4.78, 5) is 47.0. The summed E-state index contributed by atoms with van der Waals surface area (Å²) in [6.45, 7) is 7.41. The summed E-state index contributed by atoms with van der Waals surface area (Å²) >= 11 is 0. The predicted molar refractivity (Wildman–Crippen MR) is 187 cm³/mol. The molecule has 1 aromatic heterocycles. The number of methoxy groups -OCH3 is 2. The van der Waals surface area contributed by atoms with Crippen molar-refractivity contribution in [2.75, 3.05) is 57.4 Å². The second-order valence-electron chi connectivity index (χ2n) is 12.8. The zero-order chi connectivity index (χ0) is 34.6. The highest BCUT2D eigenvalue weighted by Crippen LogP contribution is 2.39. The van der Waals surface area contributed by atoms with Crippen LogP contribution in [0, 0.1) is 0 Å². The molecule has 1 atom stereocenters.